The third kappa shape index (κ3) is 8.40. The van der Waals surface area contributed by atoms with Crippen molar-refractivity contribution in [1.29, 1.82) is 0 Å². The van der Waals surface area contributed by atoms with E-state index in [0.29, 0.717) is 36.4 Å². The van der Waals surface area contributed by atoms with E-state index in [4.69, 9.17) is 35.6 Å². The fourth-order valence-electron chi connectivity index (χ4n) is 5.64. The number of primary amides is 1. The van der Waals surface area contributed by atoms with Gasteiger partial charge in [0.05, 0.1) is 25.6 Å². The lowest BCUT2D eigenvalue weighted by Gasteiger charge is -2.44. The second-order valence-electron chi connectivity index (χ2n) is 10.7. The van der Waals surface area contributed by atoms with E-state index in [0.717, 1.165) is 18.4 Å². The minimum Gasteiger partial charge on any atom is -0.493 e. The maximum atomic E-state index is 14.3. The molecule has 7 N–H and O–H groups in total. The summed E-state index contributed by atoms with van der Waals surface area (Å²) in [5.74, 6) is -4.90. The zero-order valence-electron chi connectivity index (χ0n) is 23.4. The highest BCUT2D eigenvalue weighted by Gasteiger charge is 2.49. The number of nitrogens with two attached hydrogens (primary N) is 1. The number of benzene rings is 2. The maximum absolute atomic E-state index is 14.3. The summed E-state index contributed by atoms with van der Waals surface area (Å²) in [5, 5.41) is 45.1. The van der Waals surface area contributed by atoms with E-state index in [9.17, 15) is 28.7 Å². The lowest BCUT2D eigenvalue weighted by molar-refractivity contribution is -0.170. The van der Waals surface area contributed by atoms with Gasteiger partial charge in [-0.25, -0.2) is 9.18 Å². The first kappa shape index (κ1) is 33.2. The number of hydrogen-bond acceptors (Lipinski definition) is 9. The van der Waals surface area contributed by atoms with E-state index < -0.39 is 47.9 Å². The number of amides is 1. The van der Waals surface area contributed by atoms with Gasteiger partial charge in [0.15, 0.2) is 23.7 Å². The Hall–Kier alpha value is -4.27. The highest BCUT2D eigenvalue weighted by molar-refractivity contribution is 5.88. The van der Waals surface area contributed by atoms with E-state index in [2.05, 4.69) is 4.90 Å². The number of rotatable bonds is 12. The summed E-state index contributed by atoms with van der Waals surface area (Å²) in [6, 6.07) is 12.5. The number of aliphatic carboxylic acids is 3. The van der Waals surface area contributed by atoms with Crippen molar-refractivity contribution in [3.05, 3.63) is 59.4 Å². The molecule has 1 amide bonds. The fraction of sp³-hybridized carbons (Fsp3) is 0.448. The minimum absolute atomic E-state index is 0.185. The van der Waals surface area contributed by atoms with Gasteiger partial charge in [0.1, 0.15) is 5.82 Å². The van der Waals surface area contributed by atoms with Crippen LogP contribution in [0.15, 0.2) is 42.5 Å². The number of halogens is 1. The van der Waals surface area contributed by atoms with E-state index in [1.54, 1.807) is 31.4 Å². The lowest BCUT2D eigenvalue weighted by atomic mass is 9.80. The normalized spacial score (nSPS) is 21.3. The first-order valence-corrected chi connectivity index (χ1v) is 13.4. The number of carbonyl (C=O) groups excluding carboxylic acids is 1. The molecule has 2 aliphatic heterocycles. The van der Waals surface area contributed by atoms with Gasteiger partial charge in [0.2, 0.25) is 0 Å². The molecule has 0 spiro atoms. The summed E-state index contributed by atoms with van der Waals surface area (Å²) in [6.45, 7) is 0.496. The summed E-state index contributed by atoms with van der Waals surface area (Å²) >= 11 is 0. The van der Waals surface area contributed by atoms with Crippen LogP contribution in [0, 0.1) is 5.82 Å². The van der Waals surface area contributed by atoms with Gasteiger partial charge in [0, 0.05) is 24.2 Å². The Bertz CT molecular complexity index is 1320. The number of ether oxygens (including phenoxy) is 2. The Kier molecular flexibility index (Phi) is 10.7. The number of carbonyl (C=O) groups is 4. The van der Waals surface area contributed by atoms with Crippen LogP contribution in [0.3, 0.4) is 0 Å². The molecule has 0 radical (unpaired) electrons. The van der Waals surface area contributed by atoms with E-state index in [1.807, 2.05) is 12.1 Å². The van der Waals surface area contributed by atoms with Gasteiger partial charge in [-0.1, -0.05) is 24.3 Å². The molecule has 43 heavy (non-hydrogen) atoms. The van der Waals surface area contributed by atoms with Crippen LogP contribution in [-0.4, -0.2) is 85.6 Å². The summed E-state index contributed by atoms with van der Waals surface area (Å²) in [5.41, 5.74) is 2.72. The van der Waals surface area contributed by atoms with Crippen LogP contribution < -0.4 is 15.2 Å². The average molecular weight is 607 g/mol. The molecule has 2 saturated heterocycles. The van der Waals surface area contributed by atoms with Gasteiger partial charge >= 0.3 is 17.9 Å². The van der Waals surface area contributed by atoms with Crippen molar-refractivity contribution in [1.82, 2.24) is 4.90 Å². The number of carboxylic acids is 3. The van der Waals surface area contributed by atoms with Crippen molar-refractivity contribution in [2.75, 3.05) is 13.7 Å². The SMILES string of the molecule is COc1cc(CN2C3CCC2CC(O)(c2ccccc2F)C3)ccc1OCC(N)=O.O=C(O)CC(O)(CC(=O)O)C(=O)O. The first-order valence-electron chi connectivity index (χ1n) is 13.4. The van der Waals surface area contributed by atoms with Crippen molar-refractivity contribution in [3.63, 3.8) is 0 Å². The van der Waals surface area contributed by atoms with E-state index in [1.165, 1.54) is 6.07 Å². The van der Waals surface area contributed by atoms with Gasteiger partial charge in [-0.2, -0.15) is 0 Å². The molecule has 2 heterocycles. The van der Waals surface area contributed by atoms with Crippen LogP contribution in [0.5, 0.6) is 11.5 Å². The fourth-order valence-corrected chi connectivity index (χ4v) is 5.64. The van der Waals surface area contributed by atoms with Crippen LogP contribution in [-0.2, 0) is 31.3 Å². The molecule has 14 heteroatoms. The smallest absolute Gasteiger partial charge is 0.336 e. The monoisotopic (exact) mass is 606 g/mol. The molecule has 2 aromatic rings. The molecule has 2 bridgehead atoms. The average Bonchev–Trinajstić information content (AvgIpc) is 3.15. The Morgan fingerprint density at radius 3 is 2.07 bits per heavy atom. The minimum atomic E-state index is -2.74. The van der Waals surface area contributed by atoms with Crippen molar-refractivity contribution in [3.8, 4) is 11.5 Å². The summed E-state index contributed by atoms with van der Waals surface area (Å²) in [6.07, 6.45) is 0.711. The van der Waals surface area contributed by atoms with Gasteiger partial charge in [-0.3, -0.25) is 19.3 Å². The highest BCUT2D eigenvalue weighted by atomic mass is 19.1. The number of carboxylic acid groups (broad SMARTS) is 3. The third-order valence-corrected chi connectivity index (χ3v) is 7.54. The largest absolute Gasteiger partial charge is 0.493 e. The van der Waals surface area contributed by atoms with E-state index >= 15 is 0 Å². The van der Waals surface area contributed by atoms with Gasteiger partial charge in [-0.05, 0) is 49.4 Å². The van der Waals surface area contributed by atoms with Crippen molar-refractivity contribution in [2.24, 2.45) is 5.73 Å². The first-order chi connectivity index (χ1) is 20.2. The zero-order chi connectivity index (χ0) is 31.9. The summed E-state index contributed by atoms with van der Waals surface area (Å²) in [4.78, 5) is 43.8. The molecular formula is C29H35FN2O11. The van der Waals surface area contributed by atoms with E-state index in [-0.39, 0.29) is 24.5 Å². The second-order valence-corrected chi connectivity index (χ2v) is 10.7. The molecule has 0 saturated carbocycles. The molecule has 0 aliphatic carbocycles. The molecule has 2 aliphatic rings. The van der Waals surface area contributed by atoms with Gasteiger partial charge < -0.3 is 40.7 Å². The third-order valence-electron chi connectivity index (χ3n) is 7.54. The van der Waals surface area contributed by atoms with Gasteiger partial charge in [-0.15, -0.1) is 0 Å². The molecule has 2 aromatic carbocycles. The summed E-state index contributed by atoms with van der Waals surface area (Å²) in [7, 11) is 1.55. The predicted octanol–water partition coefficient (Wildman–Crippen LogP) is 1.46. The quantitative estimate of drug-likeness (QED) is 0.202. The van der Waals surface area contributed by atoms with Crippen LogP contribution in [0.2, 0.25) is 0 Å². The number of aliphatic hydroxyl groups is 2. The highest BCUT2D eigenvalue weighted by Crippen LogP contribution is 2.47. The molecular weight excluding hydrogens is 571 g/mol. The van der Waals surface area contributed by atoms with Crippen molar-refractivity contribution >= 4 is 23.8 Å². The predicted molar refractivity (Wildman–Crippen MR) is 147 cm³/mol. The topological polar surface area (TPSA) is 217 Å². The zero-order valence-corrected chi connectivity index (χ0v) is 23.4. The number of piperidine rings is 1. The Balaban J connectivity index is 0.000000331. The maximum Gasteiger partial charge on any atom is 0.336 e. The number of fused-ring (bicyclic) bond motifs is 2. The van der Waals surface area contributed by atoms with Crippen LogP contribution >= 0.6 is 0 Å². The molecule has 2 unspecified atom stereocenters. The Labute approximate surface area is 246 Å². The number of hydrogen-bond donors (Lipinski definition) is 6. The molecule has 2 fully saturated rings. The summed E-state index contributed by atoms with van der Waals surface area (Å²) < 4.78 is 25.1. The molecule has 0 aromatic heterocycles. The van der Waals surface area contributed by atoms with Crippen molar-refractivity contribution in [2.45, 2.75) is 68.4 Å². The molecule has 13 nitrogen and oxygen atoms in total. The Morgan fingerprint density at radius 1 is 1.00 bits per heavy atom. The number of nitrogens with zero attached hydrogens (tertiary/aromatic N) is 1. The molecule has 234 valence electrons. The standard InChI is InChI=1S/C23H27FN2O4.C6H8O7/c1-29-21-10-15(6-9-20(21)30-14-22(25)27)13-26-16-7-8-17(26)12-23(28,11-16)18-4-2-3-5-19(18)24;7-3(8)1-6(13,5(11)12)2-4(9)10/h2-6,9-10,16-17,28H,7-8,11-14H2,1H3,(H2,25,27);13H,1-2H2,(H,7,8)(H,9,10)(H,11,12). The Morgan fingerprint density at radius 2 is 1.58 bits per heavy atom. The van der Waals surface area contributed by atoms with Crippen LogP contribution in [0.4, 0.5) is 4.39 Å². The molecule has 2 atom stereocenters. The van der Waals surface area contributed by atoms with Crippen LogP contribution in [0.25, 0.3) is 0 Å². The molecule has 4 rings (SSSR count). The second kappa shape index (κ2) is 13.8. The van der Waals surface area contributed by atoms with Crippen LogP contribution in [0.1, 0.15) is 49.7 Å². The van der Waals surface area contributed by atoms with Crippen molar-refractivity contribution < 1.29 is 58.6 Å². The lowest BCUT2D eigenvalue weighted by Crippen LogP contribution is -2.49. The van der Waals surface area contributed by atoms with Gasteiger partial charge in [0.25, 0.3) is 5.91 Å². The number of methoxy groups -OCH3 is 1.